The number of rotatable bonds is 9. The second kappa shape index (κ2) is 12.8. The van der Waals surface area contributed by atoms with Gasteiger partial charge in [-0.05, 0) is 98.8 Å². The van der Waals surface area contributed by atoms with Crippen LogP contribution in [-0.4, -0.2) is 35.0 Å². The van der Waals surface area contributed by atoms with E-state index in [0.717, 1.165) is 74.1 Å². The van der Waals surface area contributed by atoms with E-state index in [4.69, 9.17) is 0 Å². The largest absolute Gasteiger partial charge is 0.416 e. The maximum atomic E-state index is 13.6. The molecule has 230 valence electrons. The number of alkyl halides is 3. The molecular formula is C33H34F4N6O. The lowest BCUT2D eigenvalue weighted by atomic mass is 9.93. The summed E-state index contributed by atoms with van der Waals surface area (Å²) in [5.74, 6) is 0.284. The van der Waals surface area contributed by atoms with E-state index in [9.17, 15) is 22.4 Å². The quantitative estimate of drug-likeness (QED) is 0.180. The van der Waals surface area contributed by atoms with Crippen LogP contribution in [0.4, 0.5) is 35.0 Å². The molecule has 0 bridgehead atoms. The Morgan fingerprint density at radius 1 is 0.909 bits per heavy atom. The number of hydrogen-bond donors (Lipinski definition) is 3. The van der Waals surface area contributed by atoms with Crippen LogP contribution in [0.5, 0.6) is 0 Å². The maximum absolute atomic E-state index is 13.6. The van der Waals surface area contributed by atoms with E-state index in [2.05, 4.69) is 25.9 Å². The first kappa shape index (κ1) is 29.8. The van der Waals surface area contributed by atoms with Crippen molar-refractivity contribution in [2.45, 2.75) is 57.4 Å². The van der Waals surface area contributed by atoms with Crippen LogP contribution < -0.4 is 20.9 Å². The number of nitrogens with zero attached hydrogens (tertiary/aromatic N) is 3. The van der Waals surface area contributed by atoms with E-state index in [1.165, 1.54) is 18.2 Å². The van der Waals surface area contributed by atoms with Crippen LogP contribution >= 0.6 is 0 Å². The Morgan fingerprint density at radius 2 is 1.61 bits per heavy atom. The molecule has 44 heavy (non-hydrogen) atoms. The minimum absolute atomic E-state index is 0.0288. The molecule has 1 saturated carbocycles. The van der Waals surface area contributed by atoms with Crippen molar-refractivity contribution in [1.82, 2.24) is 15.3 Å². The van der Waals surface area contributed by atoms with Crippen molar-refractivity contribution in [3.8, 4) is 0 Å². The van der Waals surface area contributed by atoms with Crippen molar-refractivity contribution in [2.24, 2.45) is 5.92 Å². The third kappa shape index (κ3) is 6.93. The SMILES string of the molecule is O=C(C1CCNCC1)N(Cc1ccc(F)cc1)c1ccc(CNc2nc(NC3CCC3)nc3ccc(C(F)(F)F)cc23)cc1. The molecule has 0 unspecified atom stereocenters. The van der Waals surface area contributed by atoms with Gasteiger partial charge in [0.1, 0.15) is 11.6 Å². The first-order chi connectivity index (χ1) is 21.2. The molecular weight excluding hydrogens is 572 g/mol. The zero-order valence-corrected chi connectivity index (χ0v) is 24.1. The highest BCUT2D eigenvalue weighted by atomic mass is 19.4. The summed E-state index contributed by atoms with van der Waals surface area (Å²) in [5.41, 5.74) is 2.05. The Bertz CT molecular complexity index is 1600. The number of amides is 1. The summed E-state index contributed by atoms with van der Waals surface area (Å²) in [4.78, 5) is 24.4. The number of nitrogens with one attached hydrogen (secondary N) is 3. The number of fused-ring (bicyclic) bond motifs is 1. The fourth-order valence-corrected chi connectivity index (χ4v) is 5.58. The normalized spacial score (nSPS) is 16.0. The minimum atomic E-state index is -4.49. The lowest BCUT2D eigenvalue weighted by Crippen LogP contribution is -2.40. The van der Waals surface area contributed by atoms with Crippen LogP contribution in [0, 0.1) is 11.7 Å². The van der Waals surface area contributed by atoms with Crippen LogP contribution in [0.15, 0.2) is 66.7 Å². The molecule has 1 aliphatic carbocycles. The zero-order valence-electron chi connectivity index (χ0n) is 24.1. The minimum Gasteiger partial charge on any atom is -0.365 e. The molecule has 3 aromatic carbocycles. The summed E-state index contributed by atoms with van der Waals surface area (Å²) in [6.07, 6.45) is 0.133. The number of aromatic nitrogens is 2. The molecule has 0 radical (unpaired) electrons. The van der Waals surface area contributed by atoms with Gasteiger partial charge in [0.15, 0.2) is 0 Å². The van der Waals surface area contributed by atoms with Crippen molar-refractivity contribution in [1.29, 1.82) is 0 Å². The van der Waals surface area contributed by atoms with Crippen molar-refractivity contribution < 1.29 is 22.4 Å². The van der Waals surface area contributed by atoms with Gasteiger partial charge in [-0.2, -0.15) is 18.2 Å². The summed E-state index contributed by atoms with van der Waals surface area (Å²) < 4.78 is 54.1. The molecule has 7 nitrogen and oxygen atoms in total. The van der Waals surface area contributed by atoms with Gasteiger partial charge in [-0.25, -0.2) is 9.37 Å². The van der Waals surface area contributed by atoms with E-state index in [0.29, 0.717) is 30.4 Å². The molecule has 1 aliphatic heterocycles. The Labute approximate surface area is 253 Å². The van der Waals surface area contributed by atoms with Gasteiger partial charge in [0.05, 0.1) is 17.6 Å². The van der Waals surface area contributed by atoms with Gasteiger partial charge >= 0.3 is 6.18 Å². The first-order valence-corrected chi connectivity index (χ1v) is 15.0. The predicted octanol–water partition coefficient (Wildman–Crippen LogP) is 6.90. The van der Waals surface area contributed by atoms with Crippen molar-refractivity contribution in [2.75, 3.05) is 28.6 Å². The van der Waals surface area contributed by atoms with E-state index in [-0.39, 0.29) is 29.1 Å². The fraction of sp³-hybridized carbons (Fsp3) is 0.364. The van der Waals surface area contributed by atoms with Gasteiger partial charge in [0.2, 0.25) is 11.9 Å². The highest BCUT2D eigenvalue weighted by Crippen LogP contribution is 2.34. The molecule has 2 heterocycles. The average molecular weight is 607 g/mol. The molecule has 6 rings (SSSR count). The summed E-state index contributed by atoms with van der Waals surface area (Å²) in [6.45, 7) is 2.18. The average Bonchev–Trinajstić information content (AvgIpc) is 3.01. The number of benzene rings is 3. The van der Waals surface area contributed by atoms with E-state index < -0.39 is 11.7 Å². The number of halogens is 4. The molecule has 1 aromatic heterocycles. The van der Waals surface area contributed by atoms with Crippen LogP contribution in [0.3, 0.4) is 0 Å². The van der Waals surface area contributed by atoms with E-state index in [1.807, 2.05) is 24.3 Å². The maximum Gasteiger partial charge on any atom is 0.416 e. The summed E-state index contributed by atoms with van der Waals surface area (Å²) in [6, 6.07) is 17.4. The summed E-state index contributed by atoms with van der Waals surface area (Å²) >= 11 is 0. The van der Waals surface area contributed by atoms with Crippen molar-refractivity contribution in [3.63, 3.8) is 0 Å². The lowest BCUT2D eigenvalue weighted by Gasteiger charge is -2.30. The fourth-order valence-electron chi connectivity index (χ4n) is 5.58. The molecule has 2 aliphatic rings. The van der Waals surface area contributed by atoms with Crippen LogP contribution in [-0.2, 0) is 24.1 Å². The molecule has 0 atom stereocenters. The lowest BCUT2D eigenvalue weighted by molar-refractivity contribution is -0.137. The predicted molar refractivity (Wildman–Crippen MR) is 163 cm³/mol. The summed E-state index contributed by atoms with van der Waals surface area (Å²) in [5, 5.41) is 10.1. The Balaban J connectivity index is 1.23. The molecule has 1 amide bonds. The van der Waals surface area contributed by atoms with Gasteiger partial charge in [0.25, 0.3) is 0 Å². The number of carbonyl (C=O) groups is 1. The third-order valence-electron chi connectivity index (χ3n) is 8.38. The number of carbonyl (C=O) groups excluding carboxylic acids is 1. The molecule has 2 fully saturated rings. The highest BCUT2D eigenvalue weighted by molar-refractivity contribution is 5.95. The summed E-state index contributed by atoms with van der Waals surface area (Å²) in [7, 11) is 0. The number of hydrogen-bond acceptors (Lipinski definition) is 6. The van der Waals surface area contributed by atoms with E-state index in [1.54, 1.807) is 17.0 Å². The van der Waals surface area contributed by atoms with Gasteiger partial charge in [-0.3, -0.25) is 4.79 Å². The smallest absolute Gasteiger partial charge is 0.365 e. The van der Waals surface area contributed by atoms with Crippen LogP contribution in [0.1, 0.15) is 48.8 Å². The van der Waals surface area contributed by atoms with Gasteiger partial charge < -0.3 is 20.9 Å². The van der Waals surface area contributed by atoms with E-state index >= 15 is 0 Å². The van der Waals surface area contributed by atoms with Crippen LogP contribution in [0.2, 0.25) is 0 Å². The first-order valence-electron chi connectivity index (χ1n) is 15.0. The third-order valence-corrected chi connectivity index (χ3v) is 8.38. The standard InChI is InChI=1S/C33H34F4N6O/c34-25-9-4-22(5-10-25)20-43(31(44)23-14-16-38-17-15-23)27-11-6-21(7-12-27)19-39-30-28-18-24(33(35,36)37)8-13-29(28)41-32(42-30)40-26-2-1-3-26/h4-13,18,23,26,38H,1-3,14-17,19-20H2,(H2,39,40,41,42). The molecule has 11 heteroatoms. The number of piperidine rings is 1. The van der Waals surface area contributed by atoms with Crippen molar-refractivity contribution in [3.05, 3.63) is 89.2 Å². The van der Waals surface area contributed by atoms with Gasteiger partial charge in [0, 0.05) is 29.6 Å². The van der Waals surface area contributed by atoms with Crippen LogP contribution in [0.25, 0.3) is 10.9 Å². The molecule has 4 aromatic rings. The Kier molecular flexibility index (Phi) is 8.65. The second-order valence-corrected chi connectivity index (χ2v) is 11.5. The Morgan fingerprint density at radius 3 is 2.27 bits per heavy atom. The topological polar surface area (TPSA) is 82.2 Å². The second-order valence-electron chi connectivity index (χ2n) is 11.5. The van der Waals surface area contributed by atoms with Crippen molar-refractivity contribution >= 4 is 34.3 Å². The molecule has 3 N–H and O–H groups in total. The monoisotopic (exact) mass is 606 g/mol. The number of anilines is 3. The van der Waals surface area contributed by atoms with Gasteiger partial charge in [-0.15, -0.1) is 0 Å². The van der Waals surface area contributed by atoms with Gasteiger partial charge in [-0.1, -0.05) is 24.3 Å². The Hall–Kier alpha value is -4.25. The molecule has 1 saturated heterocycles. The molecule has 0 spiro atoms. The highest BCUT2D eigenvalue weighted by Gasteiger charge is 2.31. The zero-order chi connectivity index (χ0) is 30.7.